The van der Waals surface area contributed by atoms with Gasteiger partial charge in [0.25, 0.3) is 0 Å². The predicted molar refractivity (Wildman–Crippen MR) is 83.2 cm³/mol. The molecule has 0 amide bonds. The van der Waals surface area contributed by atoms with Gasteiger partial charge in [0.15, 0.2) is 11.5 Å². The first kappa shape index (κ1) is 15.9. The summed E-state index contributed by atoms with van der Waals surface area (Å²) in [4.78, 5) is 2.33. The van der Waals surface area contributed by atoms with Crippen molar-refractivity contribution in [2.75, 3.05) is 41.0 Å². The molecule has 1 fully saturated rings. The second-order valence-electron chi connectivity index (χ2n) is 5.47. The van der Waals surface area contributed by atoms with Crippen LogP contribution >= 0.6 is 0 Å². The fraction of sp³-hybridized carbons (Fsp3) is 0.625. The topological polar surface area (TPSA) is 57.0 Å². The van der Waals surface area contributed by atoms with Gasteiger partial charge in [-0.2, -0.15) is 0 Å². The maximum Gasteiger partial charge on any atom is 0.164 e. The summed E-state index contributed by atoms with van der Waals surface area (Å²) in [7, 11) is 5.46. The van der Waals surface area contributed by atoms with Gasteiger partial charge in [-0.05, 0) is 38.9 Å². The van der Waals surface area contributed by atoms with E-state index in [-0.39, 0.29) is 0 Å². The van der Waals surface area contributed by atoms with E-state index in [1.165, 1.54) is 0 Å². The third kappa shape index (κ3) is 3.24. The number of hydrogen-bond donors (Lipinski definition) is 1. The summed E-state index contributed by atoms with van der Waals surface area (Å²) in [5.74, 6) is 2.83. The number of methoxy groups -OCH3 is 2. The Balaban J connectivity index is 2.39. The minimum Gasteiger partial charge on any atom is -0.496 e. The fourth-order valence-corrected chi connectivity index (χ4v) is 3.06. The van der Waals surface area contributed by atoms with E-state index in [1.807, 2.05) is 19.1 Å². The molecule has 2 unspecified atom stereocenters. The molecule has 0 radical (unpaired) electrons. The van der Waals surface area contributed by atoms with E-state index in [1.54, 1.807) is 14.2 Å². The lowest BCUT2D eigenvalue weighted by Gasteiger charge is -2.23. The molecule has 0 aliphatic carbocycles. The zero-order valence-electron chi connectivity index (χ0n) is 13.4. The molecule has 1 aliphatic heterocycles. The Kier molecular flexibility index (Phi) is 5.31. The van der Waals surface area contributed by atoms with Gasteiger partial charge in [0.2, 0.25) is 0 Å². The van der Waals surface area contributed by atoms with Crippen LogP contribution in [0.25, 0.3) is 0 Å². The highest BCUT2D eigenvalue weighted by Crippen LogP contribution is 2.43. The monoisotopic (exact) mass is 294 g/mol. The van der Waals surface area contributed by atoms with E-state index in [0.717, 1.165) is 36.6 Å². The van der Waals surface area contributed by atoms with Gasteiger partial charge in [0, 0.05) is 24.2 Å². The number of nitrogens with zero attached hydrogens (tertiary/aromatic N) is 1. The number of benzene rings is 1. The highest BCUT2D eigenvalue weighted by atomic mass is 16.5. The van der Waals surface area contributed by atoms with Crippen molar-refractivity contribution < 1.29 is 14.2 Å². The molecule has 0 saturated carbocycles. The molecule has 5 nitrogen and oxygen atoms in total. The summed E-state index contributed by atoms with van der Waals surface area (Å²) in [5.41, 5.74) is 6.97. The van der Waals surface area contributed by atoms with Crippen LogP contribution in [0.1, 0.15) is 24.9 Å². The van der Waals surface area contributed by atoms with Gasteiger partial charge in [0.05, 0.1) is 20.8 Å². The Morgan fingerprint density at radius 2 is 1.90 bits per heavy atom. The number of hydrogen-bond acceptors (Lipinski definition) is 5. The first-order chi connectivity index (χ1) is 10.1. The van der Waals surface area contributed by atoms with E-state index in [2.05, 4.69) is 11.9 Å². The van der Waals surface area contributed by atoms with E-state index >= 15 is 0 Å². The molecule has 2 N–H and O–H groups in total. The summed E-state index contributed by atoms with van der Waals surface area (Å²) >= 11 is 0. The molecule has 1 aromatic carbocycles. The van der Waals surface area contributed by atoms with Crippen LogP contribution in [-0.2, 0) is 0 Å². The molecule has 1 heterocycles. The van der Waals surface area contributed by atoms with Gasteiger partial charge in [0.1, 0.15) is 5.75 Å². The lowest BCUT2D eigenvalue weighted by molar-refractivity contribution is 0.290. The second kappa shape index (κ2) is 7.00. The number of ether oxygens (including phenoxy) is 3. The molecular formula is C16H26N2O3. The van der Waals surface area contributed by atoms with Crippen molar-refractivity contribution >= 4 is 0 Å². The van der Waals surface area contributed by atoms with Gasteiger partial charge in [-0.25, -0.2) is 0 Å². The molecule has 0 spiro atoms. The van der Waals surface area contributed by atoms with Crippen LogP contribution in [-0.4, -0.2) is 45.9 Å². The van der Waals surface area contributed by atoms with Crippen molar-refractivity contribution in [1.29, 1.82) is 0 Å². The summed E-state index contributed by atoms with van der Waals surface area (Å²) in [6.45, 7) is 4.31. The molecule has 118 valence electrons. The molecule has 5 heteroatoms. The minimum absolute atomic E-state index is 0.304. The minimum atomic E-state index is 0.304. The zero-order chi connectivity index (χ0) is 15.4. The normalized spacial score (nSPS) is 22.3. The third-order valence-electron chi connectivity index (χ3n) is 4.14. The zero-order valence-corrected chi connectivity index (χ0v) is 13.4. The van der Waals surface area contributed by atoms with Gasteiger partial charge in [-0.1, -0.05) is 0 Å². The Bertz CT molecular complexity index is 479. The van der Waals surface area contributed by atoms with Crippen LogP contribution in [0.3, 0.4) is 0 Å². The SMILES string of the molecule is CCOc1cc(C2CC(CN)CN2C)c(OC)cc1OC. The summed E-state index contributed by atoms with van der Waals surface area (Å²) in [6, 6.07) is 4.25. The van der Waals surface area contributed by atoms with Crippen LogP contribution in [0.4, 0.5) is 0 Å². The molecule has 21 heavy (non-hydrogen) atoms. The summed E-state index contributed by atoms with van der Waals surface area (Å²) in [5, 5.41) is 0. The first-order valence-electron chi connectivity index (χ1n) is 7.43. The van der Waals surface area contributed by atoms with E-state index < -0.39 is 0 Å². The fourth-order valence-electron chi connectivity index (χ4n) is 3.06. The maximum atomic E-state index is 5.83. The second-order valence-corrected chi connectivity index (χ2v) is 5.47. The lowest BCUT2D eigenvalue weighted by Crippen LogP contribution is -2.21. The quantitative estimate of drug-likeness (QED) is 0.870. The maximum absolute atomic E-state index is 5.83. The highest BCUT2D eigenvalue weighted by molar-refractivity contribution is 5.52. The number of rotatable bonds is 6. The Labute approximate surface area is 127 Å². The Morgan fingerprint density at radius 3 is 2.43 bits per heavy atom. The standard InChI is InChI=1S/C16H26N2O3/c1-5-21-16-7-12(14(19-3)8-15(16)20-4)13-6-11(9-17)10-18(13)2/h7-8,11,13H,5-6,9-10,17H2,1-4H3. The van der Waals surface area contributed by atoms with Crippen molar-refractivity contribution in [2.45, 2.75) is 19.4 Å². The number of likely N-dealkylation sites (tertiary alicyclic amines) is 1. The van der Waals surface area contributed by atoms with E-state index in [0.29, 0.717) is 24.3 Å². The Morgan fingerprint density at radius 1 is 1.19 bits per heavy atom. The molecule has 2 rings (SSSR count). The van der Waals surface area contributed by atoms with Crippen LogP contribution in [0.5, 0.6) is 17.2 Å². The summed E-state index contributed by atoms with van der Waals surface area (Å²) < 4.78 is 16.6. The lowest BCUT2D eigenvalue weighted by atomic mass is 9.98. The molecule has 2 atom stereocenters. The van der Waals surface area contributed by atoms with Crippen molar-refractivity contribution in [3.8, 4) is 17.2 Å². The summed E-state index contributed by atoms with van der Waals surface area (Å²) in [6.07, 6.45) is 1.04. The smallest absolute Gasteiger partial charge is 0.164 e. The first-order valence-corrected chi connectivity index (χ1v) is 7.43. The van der Waals surface area contributed by atoms with E-state index in [4.69, 9.17) is 19.9 Å². The van der Waals surface area contributed by atoms with Crippen LogP contribution in [0.2, 0.25) is 0 Å². The predicted octanol–water partition coefficient (Wildman–Crippen LogP) is 2.05. The van der Waals surface area contributed by atoms with Gasteiger partial charge < -0.3 is 19.9 Å². The van der Waals surface area contributed by atoms with Crippen molar-refractivity contribution in [2.24, 2.45) is 11.7 Å². The van der Waals surface area contributed by atoms with Crippen molar-refractivity contribution in [3.63, 3.8) is 0 Å². The average Bonchev–Trinajstić information content (AvgIpc) is 2.88. The third-order valence-corrected chi connectivity index (χ3v) is 4.14. The van der Waals surface area contributed by atoms with Crippen molar-refractivity contribution in [3.05, 3.63) is 17.7 Å². The Hall–Kier alpha value is -1.46. The van der Waals surface area contributed by atoms with Gasteiger partial charge in [-0.15, -0.1) is 0 Å². The van der Waals surface area contributed by atoms with Crippen LogP contribution < -0.4 is 19.9 Å². The highest BCUT2D eigenvalue weighted by Gasteiger charge is 2.32. The molecule has 1 aromatic rings. The largest absolute Gasteiger partial charge is 0.496 e. The molecular weight excluding hydrogens is 268 g/mol. The average molecular weight is 294 g/mol. The molecule has 0 bridgehead atoms. The van der Waals surface area contributed by atoms with Crippen molar-refractivity contribution in [1.82, 2.24) is 4.90 Å². The number of nitrogens with two attached hydrogens (primary N) is 1. The van der Waals surface area contributed by atoms with Crippen LogP contribution in [0, 0.1) is 5.92 Å². The van der Waals surface area contributed by atoms with E-state index in [9.17, 15) is 0 Å². The molecule has 1 aliphatic rings. The van der Waals surface area contributed by atoms with Gasteiger partial charge >= 0.3 is 0 Å². The van der Waals surface area contributed by atoms with Crippen LogP contribution in [0.15, 0.2) is 12.1 Å². The van der Waals surface area contributed by atoms with Gasteiger partial charge in [-0.3, -0.25) is 4.90 Å². The molecule has 1 saturated heterocycles. The molecule has 0 aromatic heterocycles.